The normalized spacial score (nSPS) is 14.0. The molecule has 105 heavy (non-hydrogen) atoms. The monoisotopic (exact) mass is 1540 g/mol. The van der Waals surface area contributed by atoms with Crippen molar-refractivity contribution >= 4 is 39.5 Å². The van der Waals surface area contributed by atoms with E-state index in [1.54, 1.807) is 0 Å². The molecule has 0 amide bonds. The zero-order chi connectivity index (χ0) is 76.9. The van der Waals surface area contributed by atoms with Gasteiger partial charge < -0.3 is 33.8 Å². The lowest BCUT2D eigenvalue weighted by Crippen LogP contribution is -2.30. The van der Waals surface area contributed by atoms with Crippen molar-refractivity contribution in [3.8, 4) is 0 Å². The average Bonchev–Trinajstić information content (AvgIpc) is 0.926. The van der Waals surface area contributed by atoms with E-state index >= 15 is 0 Å². The number of aliphatic hydroxyl groups is 1. The second kappa shape index (κ2) is 78.7. The SMILES string of the molecule is CCCCCCCCCCCCCCCCCCCCCC(=O)O[C@H](COC(=O)CCCCCCCCCCCCCCCCCCC)COP(=O)(O)OC[C@@H](O)COP(=O)(O)OC[C@@H](COC(=O)CCCCCCCCCCC(C)CC)OC(=O)CCCCCCCCCCCCCCCCCCC. The van der Waals surface area contributed by atoms with Crippen LogP contribution in [-0.2, 0) is 65.4 Å². The minimum atomic E-state index is -4.97. The van der Waals surface area contributed by atoms with Crippen LogP contribution in [0.3, 0.4) is 0 Å². The van der Waals surface area contributed by atoms with Gasteiger partial charge in [-0.25, -0.2) is 9.13 Å². The van der Waals surface area contributed by atoms with Crippen LogP contribution in [0.15, 0.2) is 0 Å². The van der Waals surface area contributed by atoms with Crippen LogP contribution in [0.4, 0.5) is 0 Å². The summed E-state index contributed by atoms with van der Waals surface area (Å²) in [6.45, 7) is 7.38. The quantitative estimate of drug-likeness (QED) is 0.0222. The fraction of sp³-hybridized carbons (Fsp3) is 0.953. The number of esters is 4. The maximum absolute atomic E-state index is 13.1. The van der Waals surface area contributed by atoms with Gasteiger partial charge in [0.1, 0.15) is 19.3 Å². The molecular formula is C86H168O17P2. The lowest BCUT2D eigenvalue weighted by molar-refractivity contribution is -0.161. The number of rotatable bonds is 86. The molecule has 0 heterocycles. The van der Waals surface area contributed by atoms with Gasteiger partial charge in [-0.1, -0.05) is 413 Å². The summed E-state index contributed by atoms with van der Waals surface area (Å²) in [7, 11) is -9.93. The zero-order valence-corrected chi connectivity index (χ0v) is 70.7. The van der Waals surface area contributed by atoms with E-state index in [2.05, 4.69) is 34.6 Å². The molecule has 19 heteroatoms. The fourth-order valence-electron chi connectivity index (χ4n) is 13.4. The Morgan fingerprint density at radius 1 is 0.267 bits per heavy atom. The van der Waals surface area contributed by atoms with Crippen molar-refractivity contribution < 1.29 is 80.2 Å². The molecule has 0 radical (unpaired) electrons. The number of unbranched alkanes of at least 4 members (excludes halogenated alkanes) is 57. The number of carbonyl (C=O) groups is 4. The minimum Gasteiger partial charge on any atom is -0.462 e. The van der Waals surface area contributed by atoms with Gasteiger partial charge in [0.05, 0.1) is 26.4 Å². The highest BCUT2D eigenvalue weighted by atomic mass is 31.2. The highest BCUT2D eigenvalue weighted by molar-refractivity contribution is 7.47. The summed E-state index contributed by atoms with van der Waals surface area (Å²) in [5, 5.41) is 10.7. The Hall–Kier alpha value is -1.94. The van der Waals surface area contributed by atoms with E-state index in [-0.39, 0.29) is 25.7 Å². The Morgan fingerprint density at radius 3 is 0.676 bits per heavy atom. The van der Waals surface area contributed by atoms with E-state index in [1.165, 1.54) is 289 Å². The smallest absolute Gasteiger partial charge is 0.462 e. The Morgan fingerprint density at radius 2 is 0.457 bits per heavy atom. The van der Waals surface area contributed by atoms with E-state index in [1.807, 2.05) is 0 Å². The molecule has 0 aromatic carbocycles. The maximum Gasteiger partial charge on any atom is 0.472 e. The highest BCUT2D eigenvalue weighted by Crippen LogP contribution is 2.45. The first-order valence-electron chi connectivity index (χ1n) is 44.7. The molecular weight excluding hydrogens is 1370 g/mol. The first kappa shape index (κ1) is 103. The van der Waals surface area contributed by atoms with Crippen LogP contribution >= 0.6 is 15.6 Å². The summed E-state index contributed by atoms with van der Waals surface area (Å²) in [6.07, 6.45) is 72.1. The molecule has 0 aliphatic rings. The Labute approximate surface area is 645 Å². The van der Waals surface area contributed by atoms with Gasteiger partial charge in [-0.15, -0.1) is 0 Å². The van der Waals surface area contributed by atoms with Gasteiger partial charge in [-0.2, -0.15) is 0 Å². The number of phosphoric acid groups is 2. The van der Waals surface area contributed by atoms with Crippen LogP contribution < -0.4 is 0 Å². The van der Waals surface area contributed by atoms with Crippen molar-refractivity contribution in [3.05, 3.63) is 0 Å². The lowest BCUT2D eigenvalue weighted by atomic mass is 9.99. The maximum atomic E-state index is 13.1. The van der Waals surface area contributed by atoms with Crippen molar-refractivity contribution in [1.29, 1.82) is 0 Å². The van der Waals surface area contributed by atoms with E-state index in [0.717, 1.165) is 95.8 Å². The molecule has 0 saturated carbocycles. The third-order valence-electron chi connectivity index (χ3n) is 20.6. The van der Waals surface area contributed by atoms with Crippen LogP contribution in [0, 0.1) is 5.92 Å². The molecule has 0 spiro atoms. The molecule has 3 N–H and O–H groups in total. The van der Waals surface area contributed by atoms with Gasteiger partial charge in [-0.3, -0.25) is 37.3 Å². The minimum absolute atomic E-state index is 0.109. The average molecular weight is 1540 g/mol. The molecule has 0 fully saturated rings. The van der Waals surface area contributed by atoms with Crippen molar-refractivity contribution in [1.82, 2.24) is 0 Å². The van der Waals surface area contributed by atoms with Gasteiger partial charge in [0.15, 0.2) is 12.2 Å². The predicted octanol–water partition coefficient (Wildman–Crippen LogP) is 26.4. The summed E-state index contributed by atoms with van der Waals surface area (Å²) in [4.78, 5) is 73.3. The molecule has 0 saturated heterocycles. The Balaban J connectivity index is 5.26. The van der Waals surface area contributed by atoms with E-state index in [9.17, 15) is 43.2 Å². The van der Waals surface area contributed by atoms with Crippen LogP contribution in [0.5, 0.6) is 0 Å². The molecule has 17 nitrogen and oxygen atoms in total. The Kier molecular flexibility index (Phi) is 77.3. The number of aliphatic hydroxyl groups excluding tert-OH is 1. The van der Waals surface area contributed by atoms with Crippen LogP contribution in [0.25, 0.3) is 0 Å². The molecule has 0 aromatic heterocycles. The Bertz CT molecular complexity index is 2000. The molecule has 0 aliphatic heterocycles. The molecule has 624 valence electrons. The summed E-state index contributed by atoms with van der Waals surface area (Å²) in [5.74, 6) is -1.32. The number of phosphoric ester groups is 2. The fourth-order valence-corrected chi connectivity index (χ4v) is 15.0. The van der Waals surface area contributed by atoms with Gasteiger partial charge >= 0.3 is 39.5 Å². The molecule has 3 unspecified atom stereocenters. The highest BCUT2D eigenvalue weighted by Gasteiger charge is 2.30. The number of ether oxygens (including phenoxy) is 4. The molecule has 0 rings (SSSR count). The van der Waals surface area contributed by atoms with Crippen molar-refractivity contribution in [3.63, 3.8) is 0 Å². The summed E-state index contributed by atoms with van der Waals surface area (Å²) >= 11 is 0. The van der Waals surface area contributed by atoms with Gasteiger partial charge in [0.2, 0.25) is 0 Å². The summed E-state index contributed by atoms with van der Waals surface area (Å²) in [5.41, 5.74) is 0. The number of hydrogen-bond donors (Lipinski definition) is 3. The van der Waals surface area contributed by atoms with Crippen molar-refractivity contribution in [2.24, 2.45) is 5.92 Å². The predicted molar refractivity (Wildman–Crippen MR) is 432 cm³/mol. The van der Waals surface area contributed by atoms with E-state index in [4.69, 9.17) is 37.0 Å². The van der Waals surface area contributed by atoms with Gasteiger partial charge in [0, 0.05) is 25.7 Å². The first-order chi connectivity index (χ1) is 51.1. The summed E-state index contributed by atoms with van der Waals surface area (Å²) < 4.78 is 68.9. The van der Waals surface area contributed by atoms with E-state index in [0.29, 0.717) is 25.7 Å². The zero-order valence-electron chi connectivity index (χ0n) is 68.9. The molecule has 0 aromatic rings. The summed E-state index contributed by atoms with van der Waals surface area (Å²) in [6, 6.07) is 0. The third kappa shape index (κ3) is 78.5. The number of hydrogen-bond acceptors (Lipinski definition) is 15. The third-order valence-corrected chi connectivity index (χ3v) is 22.5. The molecule has 0 bridgehead atoms. The second-order valence-electron chi connectivity index (χ2n) is 31.2. The van der Waals surface area contributed by atoms with Crippen LogP contribution in [0.2, 0.25) is 0 Å². The first-order valence-corrected chi connectivity index (χ1v) is 47.7. The molecule has 6 atom stereocenters. The number of carbonyl (C=O) groups excluding carboxylic acids is 4. The largest absolute Gasteiger partial charge is 0.472 e. The van der Waals surface area contributed by atoms with Crippen molar-refractivity contribution in [2.45, 2.75) is 483 Å². The van der Waals surface area contributed by atoms with Crippen LogP contribution in [-0.4, -0.2) is 96.7 Å². The topological polar surface area (TPSA) is 237 Å². The second-order valence-corrected chi connectivity index (χ2v) is 34.1. The molecule has 0 aliphatic carbocycles. The lowest BCUT2D eigenvalue weighted by Gasteiger charge is -2.21. The van der Waals surface area contributed by atoms with Gasteiger partial charge in [-0.05, 0) is 31.6 Å². The van der Waals surface area contributed by atoms with E-state index < -0.39 is 97.5 Å². The van der Waals surface area contributed by atoms with Gasteiger partial charge in [0.25, 0.3) is 0 Å². The van der Waals surface area contributed by atoms with Crippen molar-refractivity contribution in [2.75, 3.05) is 39.6 Å². The van der Waals surface area contributed by atoms with Crippen LogP contribution in [0.1, 0.15) is 465 Å². The standard InChI is InChI=1S/C86H168O17P2/c1-6-10-13-16-19-22-25-28-31-34-35-38-41-44-47-50-57-62-67-71-85(90)102-81(75-96-83(88)69-64-59-54-48-45-42-39-36-32-29-26-23-20-17-14-11-7-2)77-100-104(92,93)98-73-80(87)74-99-105(94,95)101-78-82(76-97-84(89)70-65-60-55-52-51-53-58-63-68-79(5)9-4)103-86(91)72-66-61-56-49-46-43-40-37-33-30-27-24-21-18-15-12-8-3/h79-82,87H,6-78H2,1-5H3,(H,92,93)(H,94,95)/t79?,80-,81-,82-/m1/s1.